The molecule has 0 aromatic carbocycles. The van der Waals surface area contributed by atoms with Crippen LogP contribution in [0.3, 0.4) is 0 Å². The topological polar surface area (TPSA) is 73.1 Å². The number of nitrogens with one attached hydrogen (secondary N) is 1. The van der Waals surface area contributed by atoms with Crippen molar-refractivity contribution in [2.24, 2.45) is 5.84 Å². The number of hydrogen-bond donors (Lipinski definition) is 2. The minimum absolute atomic E-state index is 0.194. The molecule has 0 amide bonds. The summed E-state index contributed by atoms with van der Waals surface area (Å²) < 4.78 is 54.2. The van der Waals surface area contributed by atoms with Crippen LogP contribution in [-0.2, 0) is 6.42 Å². The molecular formula is C10H14F4N4O. The number of hydrogen-bond acceptors (Lipinski definition) is 5. The van der Waals surface area contributed by atoms with Crippen LogP contribution in [0.4, 0.5) is 23.4 Å². The fraction of sp³-hybridized carbons (Fsp3) is 0.600. The maximum Gasteiger partial charge on any atom is 0.340 e. The molecule has 0 saturated carbocycles. The van der Waals surface area contributed by atoms with Gasteiger partial charge in [-0.05, 0) is 6.92 Å². The quantitative estimate of drug-likeness (QED) is 0.474. The number of ether oxygens (including phenoxy) is 1. The van der Waals surface area contributed by atoms with Crippen LogP contribution < -0.4 is 16.0 Å². The average Bonchev–Trinajstić information content (AvgIpc) is 2.37. The molecule has 0 saturated heterocycles. The zero-order valence-corrected chi connectivity index (χ0v) is 10.4. The minimum Gasteiger partial charge on any atom is -0.471 e. The zero-order valence-electron chi connectivity index (χ0n) is 10.4. The zero-order chi connectivity index (χ0) is 14.6. The molecule has 3 N–H and O–H groups in total. The van der Waals surface area contributed by atoms with Gasteiger partial charge in [-0.1, -0.05) is 6.92 Å². The van der Waals surface area contributed by atoms with E-state index in [4.69, 9.17) is 5.84 Å². The Morgan fingerprint density at radius 3 is 2.47 bits per heavy atom. The number of halogens is 4. The number of hydrazine groups is 1. The number of alkyl halides is 4. The van der Waals surface area contributed by atoms with Crippen molar-refractivity contribution in [2.45, 2.75) is 32.6 Å². The summed E-state index contributed by atoms with van der Waals surface area (Å²) in [5.41, 5.74) is 2.53. The highest BCUT2D eigenvalue weighted by Crippen LogP contribution is 2.26. The van der Waals surface area contributed by atoms with Gasteiger partial charge < -0.3 is 10.2 Å². The van der Waals surface area contributed by atoms with E-state index < -0.39 is 19.0 Å². The van der Waals surface area contributed by atoms with E-state index in [9.17, 15) is 17.6 Å². The summed E-state index contributed by atoms with van der Waals surface area (Å²) in [6.45, 7) is 1.75. The lowest BCUT2D eigenvalue weighted by atomic mass is 10.3. The standard InChI is InChI=1S/C10H14F4N4O/c1-3-6-16-7(18-15)5(2)8(17-6)19-4-10(13,14)9(11)12/h9H,3-4,15H2,1-2H3,(H,16,17,18). The largest absolute Gasteiger partial charge is 0.471 e. The van der Waals surface area contributed by atoms with Crippen molar-refractivity contribution in [2.75, 3.05) is 12.0 Å². The molecule has 19 heavy (non-hydrogen) atoms. The van der Waals surface area contributed by atoms with E-state index >= 15 is 0 Å². The highest BCUT2D eigenvalue weighted by molar-refractivity contribution is 5.47. The van der Waals surface area contributed by atoms with E-state index in [1.54, 1.807) is 6.92 Å². The molecule has 0 aliphatic rings. The van der Waals surface area contributed by atoms with E-state index in [-0.39, 0.29) is 17.3 Å². The third kappa shape index (κ3) is 3.66. The predicted molar refractivity (Wildman–Crippen MR) is 60.4 cm³/mol. The third-order valence-corrected chi connectivity index (χ3v) is 2.32. The van der Waals surface area contributed by atoms with Crippen LogP contribution >= 0.6 is 0 Å². The van der Waals surface area contributed by atoms with E-state index in [0.29, 0.717) is 12.2 Å². The maximum absolute atomic E-state index is 12.8. The summed E-state index contributed by atoms with van der Waals surface area (Å²) in [7, 11) is 0. The fourth-order valence-electron chi connectivity index (χ4n) is 1.21. The molecule has 0 aliphatic heterocycles. The normalized spacial score (nSPS) is 11.8. The second kappa shape index (κ2) is 6.00. The van der Waals surface area contributed by atoms with E-state index in [1.807, 2.05) is 0 Å². The van der Waals surface area contributed by atoms with Gasteiger partial charge in [0.05, 0.1) is 5.56 Å². The molecule has 1 rings (SSSR count). The number of rotatable bonds is 6. The molecule has 1 aromatic heterocycles. The molecule has 0 fully saturated rings. The van der Waals surface area contributed by atoms with Crippen molar-refractivity contribution < 1.29 is 22.3 Å². The molecule has 0 aliphatic carbocycles. The fourth-order valence-corrected chi connectivity index (χ4v) is 1.21. The molecular weight excluding hydrogens is 268 g/mol. The molecule has 0 bridgehead atoms. The highest BCUT2D eigenvalue weighted by atomic mass is 19.3. The predicted octanol–water partition coefficient (Wildman–Crippen LogP) is 1.91. The van der Waals surface area contributed by atoms with E-state index in [2.05, 4.69) is 20.1 Å². The van der Waals surface area contributed by atoms with E-state index in [1.165, 1.54) is 6.92 Å². The van der Waals surface area contributed by atoms with Gasteiger partial charge >= 0.3 is 12.3 Å². The monoisotopic (exact) mass is 282 g/mol. The van der Waals surface area contributed by atoms with Crippen molar-refractivity contribution >= 4 is 5.82 Å². The van der Waals surface area contributed by atoms with Crippen molar-refractivity contribution in [3.63, 3.8) is 0 Å². The van der Waals surface area contributed by atoms with Gasteiger partial charge in [0.2, 0.25) is 5.88 Å². The molecule has 5 nitrogen and oxygen atoms in total. The average molecular weight is 282 g/mol. The van der Waals surface area contributed by atoms with Crippen molar-refractivity contribution in [1.29, 1.82) is 0 Å². The van der Waals surface area contributed by atoms with Crippen molar-refractivity contribution in [3.8, 4) is 5.88 Å². The first-order chi connectivity index (χ1) is 8.81. The number of nitrogen functional groups attached to an aromatic ring is 1. The van der Waals surface area contributed by atoms with Gasteiger partial charge in [0.15, 0.2) is 6.61 Å². The summed E-state index contributed by atoms with van der Waals surface area (Å²) in [6, 6.07) is 0. The Labute approximate surface area is 107 Å². The Morgan fingerprint density at radius 1 is 1.37 bits per heavy atom. The number of nitrogens with zero attached hydrogens (tertiary/aromatic N) is 2. The summed E-state index contributed by atoms with van der Waals surface area (Å²) in [4.78, 5) is 7.84. The Balaban J connectivity index is 2.94. The summed E-state index contributed by atoms with van der Waals surface area (Å²) in [5, 5.41) is 0. The number of aromatic nitrogens is 2. The summed E-state index contributed by atoms with van der Waals surface area (Å²) >= 11 is 0. The van der Waals surface area contributed by atoms with Gasteiger partial charge in [0, 0.05) is 6.42 Å². The minimum atomic E-state index is -4.24. The second-order valence-corrected chi connectivity index (χ2v) is 3.77. The highest BCUT2D eigenvalue weighted by Gasteiger charge is 2.42. The molecule has 0 atom stereocenters. The van der Waals surface area contributed by atoms with Crippen LogP contribution in [0.15, 0.2) is 0 Å². The summed E-state index contributed by atoms with van der Waals surface area (Å²) in [6.07, 6.45) is -3.39. The van der Waals surface area contributed by atoms with Crippen LogP contribution in [0.1, 0.15) is 18.3 Å². The van der Waals surface area contributed by atoms with Crippen LogP contribution in [0, 0.1) is 6.92 Å². The van der Waals surface area contributed by atoms with Crippen LogP contribution in [-0.4, -0.2) is 28.9 Å². The lowest BCUT2D eigenvalue weighted by molar-refractivity contribution is -0.148. The summed E-state index contributed by atoms with van der Waals surface area (Å²) in [5.74, 6) is 1.28. The molecule has 1 heterocycles. The SMILES string of the molecule is CCc1nc(NN)c(C)c(OCC(F)(F)C(F)F)n1. The molecule has 108 valence electrons. The molecule has 0 unspecified atom stereocenters. The molecule has 1 aromatic rings. The Morgan fingerprint density at radius 2 is 2.00 bits per heavy atom. The van der Waals surface area contributed by atoms with Gasteiger partial charge in [0.1, 0.15) is 11.6 Å². The number of nitrogens with two attached hydrogens (primary N) is 1. The first kappa shape index (κ1) is 15.4. The van der Waals surface area contributed by atoms with Gasteiger partial charge in [0.25, 0.3) is 0 Å². The lowest BCUT2D eigenvalue weighted by Gasteiger charge is -2.17. The van der Waals surface area contributed by atoms with Crippen LogP contribution in [0.5, 0.6) is 5.88 Å². The lowest BCUT2D eigenvalue weighted by Crippen LogP contribution is -2.34. The van der Waals surface area contributed by atoms with Gasteiger partial charge in [-0.15, -0.1) is 0 Å². The number of aryl methyl sites for hydroxylation is 1. The molecule has 0 radical (unpaired) electrons. The first-order valence-corrected chi connectivity index (χ1v) is 5.44. The van der Waals surface area contributed by atoms with E-state index in [0.717, 1.165) is 0 Å². The van der Waals surface area contributed by atoms with Gasteiger partial charge in [-0.3, -0.25) is 0 Å². The maximum atomic E-state index is 12.8. The van der Waals surface area contributed by atoms with Crippen LogP contribution in [0.2, 0.25) is 0 Å². The van der Waals surface area contributed by atoms with Crippen LogP contribution in [0.25, 0.3) is 0 Å². The van der Waals surface area contributed by atoms with Gasteiger partial charge in [-0.2, -0.15) is 13.8 Å². The van der Waals surface area contributed by atoms with Gasteiger partial charge in [-0.25, -0.2) is 19.6 Å². The van der Waals surface area contributed by atoms with Crippen molar-refractivity contribution in [3.05, 3.63) is 11.4 Å². The molecule has 9 heteroatoms. The second-order valence-electron chi connectivity index (χ2n) is 3.77. The van der Waals surface area contributed by atoms with Crippen molar-refractivity contribution in [1.82, 2.24) is 9.97 Å². The Hall–Kier alpha value is -1.64. The first-order valence-electron chi connectivity index (χ1n) is 5.44. The molecule has 0 spiro atoms. The smallest absolute Gasteiger partial charge is 0.340 e. The number of anilines is 1. The Bertz CT molecular complexity index is 442. The third-order valence-electron chi connectivity index (χ3n) is 2.32. The Kier molecular flexibility index (Phi) is 4.87.